The Morgan fingerprint density at radius 1 is 0.947 bits per heavy atom. The lowest BCUT2D eigenvalue weighted by Crippen LogP contribution is -2.08. The Kier molecular flexibility index (Phi) is 9.03. The Morgan fingerprint density at radius 3 is 2.53 bits per heavy atom. The molecule has 0 saturated carbocycles. The molecule has 0 atom stereocenters. The van der Waals surface area contributed by atoms with Crippen LogP contribution in [0.25, 0.3) is 0 Å². The van der Waals surface area contributed by atoms with E-state index in [4.69, 9.17) is 0 Å². The first-order chi connectivity index (χ1) is 9.43. The van der Waals surface area contributed by atoms with Crippen molar-refractivity contribution in [2.24, 2.45) is 0 Å². The second-order valence-corrected chi connectivity index (χ2v) is 4.47. The van der Waals surface area contributed by atoms with Crippen molar-refractivity contribution in [3.8, 4) is 0 Å². The van der Waals surface area contributed by atoms with Gasteiger partial charge in [-0.3, -0.25) is 4.79 Å². The zero-order valence-electron chi connectivity index (χ0n) is 11.4. The number of hydrogen-bond acceptors (Lipinski definition) is 1. The summed E-state index contributed by atoms with van der Waals surface area (Å²) in [5.74, 6) is 0. The first-order valence-electron chi connectivity index (χ1n) is 6.96. The Morgan fingerprint density at radius 2 is 1.74 bits per heavy atom. The van der Waals surface area contributed by atoms with E-state index in [0.29, 0.717) is 13.0 Å². The van der Waals surface area contributed by atoms with Crippen LogP contribution in [0, 0.1) is 0 Å². The lowest BCUT2D eigenvalue weighted by atomic mass is 10.1. The SMILES string of the molecule is O=CNC/C=C/C=C/CCCCCc1ccccc1. The molecule has 2 nitrogen and oxygen atoms in total. The van der Waals surface area contributed by atoms with Crippen molar-refractivity contribution < 1.29 is 4.79 Å². The molecule has 0 unspecified atom stereocenters. The number of unbranched alkanes of at least 4 members (excludes halogenated alkanes) is 3. The van der Waals surface area contributed by atoms with Gasteiger partial charge in [-0.2, -0.15) is 0 Å². The predicted molar refractivity (Wildman–Crippen MR) is 81.0 cm³/mol. The minimum atomic E-state index is 0.602. The summed E-state index contributed by atoms with van der Waals surface area (Å²) in [6.07, 6.45) is 14.9. The summed E-state index contributed by atoms with van der Waals surface area (Å²) in [5.41, 5.74) is 1.43. The Bertz CT molecular complexity index is 382. The van der Waals surface area contributed by atoms with Gasteiger partial charge in [-0.05, 0) is 31.2 Å². The highest BCUT2D eigenvalue weighted by molar-refractivity contribution is 5.46. The van der Waals surface area contributed by atoms with Crippen molar-refractivity contribution in [1.82, 2.24) is 5.32 Å². The molecule has 19 heavy (non-hydrogen) atoms. The smallest absolute Gasteiger partial charge is 0.207 e. The lowest BCUT2D eigenvalue weighted by molar-refractivity contribution is -0.109. The largest absolute Gasteiger partial charge is 0.355 e. The van der Waals surface area contributed by atoms with Crippen LogP contribution < -0.4 is 5.32 Å². The average Bonchev–Trinajstić information content (AvgIpc) is 2.46. The molecule has 0 aliphatic heterocycles. The second-order valence-electron chi connectivity index (χ2n) is 4.47. The third-order valence-corrected chi connectivity index (χ3v) is 2.88. The van der Waals surface area contributed by atoms with Gasteiger partial charge in [0.05, 0.1) is 0 Å². The number of rotatable bonds is 10. The number of nitrogens with one attached hydrogen (secondary N) is 1. The minimum absolute atomic E-state index is 0.602. The molecule has 0 spiro atoms. The van der Waals surface area contributed by atoms with Crippen molar-refractivity contribution in [3.05, 3.63) is 60.2 Å². The van der Waals surface area contributed by atoms with Crippen molar-refractivity contribution in [2.45, 2.75) is 32.1 Å². The van der Waals surface area contributed by atoms with Crippen molar-refractivity contribution >= 4 is 6.41 Å². The molecule has 1 amide bonds. The molecule has 1 N–H and O–H groups in total. The van der Waals surface area contributed by atoms with Crippen molar-refractivity contribution in [2.75, 3.05) is 6.54 Å². The highest BCUT2D eigenvalue weighted by Gasteiger charge is 1.91. The highest BCUT2D eigenvalue weighted by atomic mass is 16.1. The van der Waals surface area contributed by atoms with E-state index >= 15 is 0 Å². The van der Waals surface area contributed by atoms with Gasteiger partial charge in [0.1, 0.15) is 0 Å². The number of benzene rings is 1. The van der Waals surface area contributed by atoms with Gasteiger partial charge in [-0.25, -0.2) is 0 Å². The summed E-state index contributed by atoms with van der Waals surface area (Å²) in [6, 6.07) is 10.6. The number of hydrogen-bond donors (Lipinski definition) is 1. The molecule has 2 heteroatoms. The molecular formula is C17H23NO. The molecule has 0 heterocycles. The molecule has 1 aromatic rings. The average molecular weight is 257 g/mol. The maximum Gasteiger partial charge on any atom is 0.207 e. The monoisotopic (exact) mass is 257 g/mol. The normalized spacial score (nSPS) is 11.2. The van der Waals surface area contributed by atoms with E-state index < -0.39 is 0 Å². The number of amides is 1. The molecule has 0 saturated heterocycles. The number of carbonyl (C=O) groups is 1. The van der Waals surface area contributed by atoms with E-state index in [1.807, 2.05) is 18.2 Å². The van der Waals surface area contributed by atoms with Gasteiger partial charge < -0.3 is 5.32 Å². The predicted octanol–water partition coefficient (Wildman–Crippen LogP) is 3.65. The van der Waals surface area contributed by atoms with Gasteiger partial charge in [-0.15, -0.1) is 0 Å². The molecule has 102 valence electrons. The molecule has 0 aliphatic rings. The molecule has 1 rings (SSSR count). The summed E-state index contributed by atoms with van der Waals surface area (Å²) >= 11 is 0. The minimum Gasteiger partial charge on any atom is -0.355 e. The summed E-state index contributed by atoms with van der Waals surface area (Å²) in [6.45, 7) is 0.602. The third kappa shape index (κ3) is 8.83. The third-order valence-electron chi connectivity index (χ3n) is 2.88. The maximum atomic E-state index is 9.98. The van der Waals surface area contributed by atoms with E-state index in [0.717, 1.165) is 6.42 Å². The zero-order valence-corrected chi connectivity index (χ0v) is 11.4. The first kappa shape index (κ1) is 15.2. The van der Waals surface area contributed by atoms with Gasteiger partial charge in [0, 0.05) is 6.54 Å². The fraction of sp³-hybridized carbons (Fsp3) is 0.353. The quantitative estimate of drug-likeness (QED) is 0.387. The number of carbonyl (C=O) groups excluding carboxylic acids is 1. The van der Waals surface area contributed by atoms with Gasteiger partial charge in [0.25, 0.3) is 0 Å². The molecule has 0 aliphatic carbocycles. The summed E-state index contributed by atoms with van der Waals surface area (Å²) in [4.78, 5) is 9.98. The van der Waals surface area contributed by atoms with Crippen LogP contribution in [0.15, 0.2) is 54.6 Å². The molecule has 0 bridgehead atoms. The molecular weight excluding hydrogens is 234 g/mol. The molecule has 0 radical (unpaired) electrons. The molecule has 1 aromatic carbocycles. The van der Waals surface area contributed by atoms with Crippen LogP contribution in [0.3, 0.4) is 0 Å². The first-order valence-corrected chi connectivity index (χ1v) is 6.96. The molecule has 0 fully saturated rings. The summed E-state index contributed by atoms with van der Waals surface area (Å²) in [7, 11) is 0. The van der Waals surface area contributed by atoms with E-state index in [9.17, 15) is 4.79 Å². The standard InChI is InChI=1S/C17H23NO/c19-16-18-15-11-6-4-2-1-3-5-8-12-17-13-9-7-10-14-17/h2,4,6-7,9-11,13-14,16H,1,3,5,8,12,15H2,(H,18,19)/b4-2+,11-6+. The topological polar surface area (TPSA) is 29.1 Å². The van der Waals surface area contributed by atoms with Gasteiger partial charge >= 0.3 is 0 Å². The van der Waals surface area contributed by atoms with Gasteiger partial charge in [0.15, 0.2) is 0 Å². The van der Waals surface area contributed by atoms with Gasteiger partial charge in [-0.1, -0.05) is 61.1 Å². The van der Waals surface area contributed by atoms with Crippen LogP contribution in [0.2, 0.25) is 0 Å². The van der Waals surface area contributed by atoms with Crippen molar-refractivity contribution in [3.63, 3.8) is 0 Å². The number of allylic oxidation sites excluding steroid dienone is 3. The summed E-state index contributed by atoms with van der Waals surface area (Å²) < 4.78 is 0. The van der Waals surface area contributed by atoms with Crippen LogP contribution in [0.1, 0.15) is 31.2 Å². The summed E-state index contributed by atoms with van der Waals surface area (Å²) in [5, 5.41) is 2.58. The Hall–Kier alpha value is -1.83. The fourth-order valence-corrected chi connectivity index (χ4v) is 1.85. The van der Waals surface area contributed by atoms with E-state index in [1.54, 1.807) is 0 Å². The second kappa shape index (κ2) is 11.3. The van der Waals surface area contributed by atoms with E-state index in [1.165, 1.54) is 31.2 Å². The fourth-order valence-electron chi connectivity index (χ4n) is 1.85. The molecule has 0 aromatic heterocycles. The van der Waals surface area contributed by atoms with Crippen LogP contribution in [0.4, 0.5) is 0 Å². The van der Waals surface area contributed by atoms with Crippen LogP contribution in [-0.2, 0) is 11.2 Å². The maximum absolute atomic E-state index is 9.98. The van der Waals surface area contributed by atoms with E-state index in [-0.39, 0.29) is 0 Å². The van der Waals surface area contributed by atoms with Crippen molar-refractivity contribution in [1.29, 1.82) is 0 Å². The Balaban J connectivity index is 1.95. The van der Waals surface area contributed by atoms with Gasteiger partial charge in [0.2, 0.25) is 6.41 Å². The van der Waals surface area contributed by atoms with Crippen LogP contribution in [0.5, 0.6) is 0 Å². The van der Waals surface area contributed by atoms with E-state index in [2.05, 4.69) is 41.7 Å². The van der Waals surface area contributed by atoms with Crippen LogP contribution >= 0.6 is 0 Å². The number of aryl methyl sites for hydroxylation is 1. The zero-order chi connectivity index (χ0) is 13.6. The highest BCUT2D eigenvalue weighted by Crippen LogP contribution is 2.07. The van der Waals surface area contributed by atoms with Crippen LogP contribution in [-0.4, -0.2) is 13.0 Å². The lowest BCUT2D eigenvalue weighted by Gasteiger charge is -2.00. The Labute approximate surface area is 116 Å².